The van der Waals surface area contributed by atoms with Gasteiger partial charge < -0.3 is 4.74 Å². The molecule has 3 heteroatoms. The van der Waals surface area contributed by atoms with Gasteiger partial charge in [0, 0.05) is 10.5 Å². The predicted octanol–water partition coefficient (Wildman–Crippen LogP) is 5.05. The molecule has 1 aliphatic rings. The van der Waals surface area contributed by atoms with Crippen molar-refractivity contribution in [3.05, 3.63) is 64.6 Å². The van der Waals surface area contributed by atoms with E-state index < -0.39 is 0 Å². The standard InChI is InChI=1S/C19H18O2S/c1-13(2)12-21-15-9-7-14(8-10-15)11-18-19(20)16-5-3-4-6-17(16)22-18/h3-11,13H,12H2,1-2H3/b18-11-. The highest BCUT2D eigenvalue weighted by Gasteiger charge is 2.24. The number of Topliss-reactive ketones (excluding diaryl/α,β-unsaturated/α-hetero) is 1. The lowest BCUT2D eigenvalue weighted by molar-refractivity contribution is 0.104. The van der Waals surface area contributed by atoms with Gasteiger partial charge >= 0.3 is 0 Å². The molecule has 2 nitrogen and oxygen atoms in total. The van der Waals surface area contributed by atoms with Crippen molar-refractivity contribution >= 4 is 23.6 Å². The van der Waals surface area contributed by atoms with Gasteiger partial charge in [-0.3, -0.25) is 4.79 Å². The summed E-state index contributed by atoms with van der Waals surface area (Å²) >= 11 is 1.54. The van der Waals surface area contributed by atoms with Gasteiger partial charge in [-0.1, -0.05) is 49.9 Å². The number of rotatable bonds is 4. The number of allylic oxidation sites excluding steroid dienone is 1. The molecule has 0 spiro atoms. The Bertz CT molecular complexity index is 714. The fourth-order valence-electron chi connectivity index (χ4n) is 2.21. The summed E-state index contributed by atoms with van der Waals surface area (Å²) in [5.74, 6) is 1.48. The highest BCUT2D eigenvalue weighted by atomic mass is 32.2. The lowest BCUT2D eigenvalue weighted by atomic mass is 10.1. The summed E-state index contributed by atoms with van der Waals surface area (Å²) in [6, 6.07) is 15.6. The van der Waals surface area contributed by atoms with Crippen LogP contribution in [0.25, 0.3) is 6.08 Å². The molecule has 112 valence electrons. The van der Waals surface area contributed by atoms with Crippen molar-refractivity contribution in [3.8, 4) is 5.75 Å². The SMILES string of the molecule is CC(C)COc1ccc(/C=C2\Sc3ccccc3C2=O)cc1. The number of hydrogen-bond acceptors (Lipinski definition) is 3. The van der Waals surface area contributed by atoms with Crippen molar-refractivity contribution < 1.29 is 9.53 Å². The van der Waals surface area contributed by atoms with Crippen LogP contribution in [0.15, 0.2) is 58.3 Å². The first-order valence-electron chi connectivity index (χ1n) is 7.39. The van der Waals surface area contributed by atoms with Gasteiger partial charge in [-0.05, 0) is 41.8 Å². The second kappa shape index (κ2) is 6.41. The van der Waals surface area contributed by atoms with Crippen LogP contribution in [-0.4, -0.2) is 12.4 Å². The highest BCUT2D eigenvalue weighted by molar-refractivity contribution is 8.04. The van der Waals surface area contributed by atoms with Crippen molar-refractivity contribution in [2.24, 2.45) is 5.92 Å². The van der Waals surface area contributed by atoms with E-state index in [0.29, 0.717) is 12.5 Å². The van der Waals surface area contributed by atoms with Crippen LogP contribution in [0.2, 0.25) is 0 Å². The molecule has 0 saturated heterocycles. The lowest BCUT2D eigenvalue weighted by Crippen LogP contribution is -2.04. The minimum Gasteiger partial charge on any atom is -0.493 e. The molecule has 0 radical (unpaired) electrons. The van der Waals surface area contributed by atoms with E-state index >= 15 is 0 Å². The van der Waals surface area contributed by atoms with Gasteiger partial charge in [0.15, 0.2) is 0 Å². The van der Waals surface area contributed by atoms with E-state index in [9.17, 15) is 4.79 Å². The minimum atomic E-state index is 0.112. The summed E-state index contributed by atoms with van der Waals surface area (Å²) in [5, 5.41) is 0. The average molecular weight is 310 g/mol. The zero-order chi connectivity index (χ0) is 15.5. The third kappa shape index (κ3) is 3.25. The second-order valence-electron chi connectivity index (χ2n) is 5.71. The molecule has 22 heavy (non-hydrogen) atoms. The number of thioether (sulfide) groups is 1. The summed E-state index contributed by atoms with van der Waals surface area (Å²) in [4.78, 5) is 14.1. The molecule has 0 N–H and O–H groups in total. The molecule has 2 aromatic rings. The highest BCUT2D eigenvalue weighted by Crippen LogP contribution is 2.40. The van der Waals surface area contributed by atoms with Gasteiger partial charge in [0.2, 0.25) is 5.78 Å². The number of hydrogen-bond donors (Lipinski definition) is 0. The zero-order valence-corrected chi connectivity index (χ0v) is 13.5. The molecule has 0 amide bonds. The maximum absolute atomic E-state index is 12.3. The van der Waals surface area contributed by atoms with E-state index in [1.165, 1.54) is 11.8 Å². The predicted molar refractivity (Wildman–Crippen MR) is 91.4 cm³/mol. The molecular formula is C19H18O2S. The Morgan fingerprint density at radius 3 is 2.50 bits per heavy atom. The molecule has 0 saturated carbocycles. The summed E-state index contributed by atoms with van der Waals surface area (Å²) in [6.07, 6.45) is 1.94. The molecule has 0 bridgehead atoms. The first-order valence-corrected chi connectivity index (χ1v) is 8.21. The van der Waals surface area contributed by atoms with Crippen LogP contribution < -0.4 is 4.74 Å². The van der Waals surface area contributed by atoms with E-state index in [2.05, 4.69) is 13.8 Å². The molecule has 0 atom stereocenters. The topological polar surface area (TPSA) is 26.3 Å². The van der Waals surface area contributed by atoms with Crippen LogP contribution in [0.1, 0.15) is 29.8 Å². The lowest BCUT2D eigenvalue weighted by Gasteiger charge is -2.08. The van der Waals surface area contributed by atoms with Crippen molar-refractivity contribution in [1.29, 1.82) is 0 Å². The Balaban J connectivity index is 1.75. The molecule has 2 aromatic carbocycles. The molecule has 0 aliphatic carbocycles. The molecular weight excluding hydrogens is 292 g/mol. The largest absolute Gasteiger partial charge is 0.493 e. The number of benzene rings is 2. The van der Waals surface area contributed by atoms with Gasteiger partial charge in [0.25, 0.3) is 0 Å². The molecule has 0 fully saturated rings. The monoisotopic (exact) mass is 310 g/mol. The third-order valence-electron chi connectivity index (χ3n) is 3.34. The van der Waals surface area contributed by atoms with Crippen molar-refractivity contribution in [2.75, 3.05) is 6.61 Å². The van der Waals surface area contributed by atoms with Crippen molar-refractivity contribution in [1.82, 2.24) is 0 Å². The van der Waals surface area contributed by atoms with Crippen LogP contribution in [0.4, 0.5) is 0 Å². The van der Waals surface area contributed by atoms with E-state index in [-0.39, 0.29) is 5.78 Å². The van der Waals surface area contributed by atoms with Crippen LogP contribution in [0.3, 0.4) is 0 Å². The fourth-order valence-corrected chi connectivity index (χ4v) is 3.26. The zero-order valence-electron chi connectivity index (χ0n) is 12.7. The van der Waals surface area contributed by atoms with Crippen LogP contribution in [-0.2, 0) is 0 Å². The number of ether oxygens (including phenoxy) is 1. The second-order valence-corrected chi connectivity index (χ2v) is 6.79. The van der Waals surface area contributed by atoms with E-state index in [4.69, 9.17) is 4.74 Å². The van der Waals surface area contributed by atoms with Gasteiger partial charge in [0.05, 0.1) is 11.5 Å². The molecule has 1 aliphatic heterocycles. The number of fused-ring (bicyclic) bond motifs is 1. The van der Waals surface area contributed by atoms with Gasteiger partial charge in [-0.15, -0.1) is 0 Å². The summed E-state index contributed by atoms with van der Waals surface area (Å²) in [6.45, 7) is 4.96. The summed E-state index contributed by atoms with van der Waals surface area (Å²) in [5.41, 5.74) is 1.82. The molecule has 1 heterocycles. The van der Waals surface area contributed by atoms with Gasteiger partial charge in [0.1, 0.15) is 5.75 Å². The summed E-state index contributed by atoms with van der Waals surface area (Å²) in [7, 11) is 0. The fraction of sp³-hybridized carbons (Fsp3) is 0.211. The Morgan fingerprint density at radius 1 is 1.09 bits per heavy atom. The maximum atomic E-state index is 12.3. The molecule has 0 aromatic heterocycles. The average Bonchev–Trinajstić information content (AvgIpc) is 2.83. The van der Waals surface area contributed by atoms with Crippen LogP contribution >= 0.6 is 11.8 Å². The van der Waals surface area contributed by atoms with E-state index in [0.717, 1.165) is 26.7 Å². The Morgan fingerprint density at radius 2 is 1.82 bits per heavy atom. The summed E-state index contributed by atoms with van der Waals surface area (Å²) < 4.78 is 5.67. The van der Waals surface area contributed by atoms with Gasteiger partial charge in [-0.2, -0.15) is 0 Å². The first-order chi connectivity index (χ1) is 10.6. The first kappa shape index (κ1) is 14.9. The van der Waals surface area contributed by atoms with Gasteiger partial charge in [-0.25, -0.2) is 0 Å². The third-order valence-corrected chi connectivity index (χ3v) is 4.44. The smallest absolute Gasteiger partial charge is 0.200 e. The van der Waals surface area contributed by atoms with Crippen LogP contribution in [0, 0.1) is 5.92 Å². The maximum Gasteiger partial charge on any atom is 0.200 e. The number of carbonyl (C=O) groups excluding carboxylic acids is 1. The molecule has 0 unspecified atom stereocenters. The quantitative estimate of drug-likeness (QED) is 0.739. The van der Waals surface area contributed by atoms with Crippen molar-refractivity contribution in [2.45, 2.75) is 18.7 Å². The van der Waals surface area contributed by atoms with Crippen LogP contribution in [0.5, 0.6) is 5.75 Å². The molecule has 3 rings (SSSR count). The van der Waals surface area contributed by atoms with E-state index in [1.807, 2.05) is 54.6 Å². The number of ketones is 1. The minimum absolute atomic E-state index is 0.112. The van der Waals surface area contributed by atoms with Crippen molar-refractivity contribution in [3.63, 3.8) is 0 Å². The Hall–Kier alpha value is -2.00. The normalized spacial score (nSPS) is 15.4. The van der Waals surface area contributed by atoms with E-state index in [1.54, 1.807) is 0 Å². The Labute approximate surface area is 135 Å². The number of carbonyl (C=O) groups is 1. The Kier molecular flexibility index (Phi) is 4.34.